The summed E-state index contributed by atoms with van der Waals surface area (Å²) < 4.78 is 5.47. The van der Waals surface area contributed by atoms with Gasteiger partial charge in [-0.2, -0.15) is 0 Å². The van der Waals surface area contributed by atoms with E-state index in [0.717, 1.165) is 21.9 Å². The molecule has 5 nitrogen and oxygen atoms in total. The van der Waals surface area contributed by atoms with Gasteiger partial charge in [-0.15, -0.1) is 13.2 Å². The molecule has 0 aliphatic rings. The minimum atomic E-state index is 0.0326. The zero-order valence-electron chi connectivity index (χ0n) is 13.2. The van der Waals surface area contributed by atoms with Gasteiger partial charge in [0, 0.05) is 19.2 Å². The number of hydrogen-bond acceptors (Lipinski definition) is 4. The van der Waals surface area contributed by atoms with Crippen molar-refractivity contribution >= 4 is 28.7 Å². The van der Waals surface area contributed by atoms with Crippen molar-refractivity contribution in [1.29, 1.82) is 0 Å². The van der Waals surface area contributed by atoms with Crippen molar-refractivity contribution in [3.05, 3.63) is 43.5 Å². The van der Waals surface area contributed by atoms with Crippen molar-refractivity contribution < 1.29 is 9.53 Å². The Morgan fingerprint density at radius 1 is 1.39 bits per heavy atom. The second-order valence-electron chi connectivity index (χ2n) is 4.82. The molecule has 0 radical (unpaired) electrons. The van der Waals surface area contributed by atoms with E-state index in [0.29, 0.717) is 25.4 Å². The lowest BCUT2D eigenvalue weighted by Crippen LogP contribution is -2.32. The van der Waals surface area contributed by atoms with Crippen LogP contribution in [-0.2, 0) is 4.79 Å². The number of carbonyl (C=O) groups is 1. The average molecular weight is 331 g/mol. The van der Waals surface area contributed by atoms with Gasteiger partial charge in [0.05, 0.1) is 23.4 Å². The molecule has 0 unspecified atom stereocenters. The van der Waals surface area contributed by atoms with Crippen LogP contribution in [0.5, 0.6) is 5.75 Å². The maximum atomic E-state index is 12.2. The van der Waals surface area contributed by atoms with E-state index in [4.69, 9.17) is 4.74 Å². The van der Waals surface area contributed by atoms with Crippen LogP contribution in [0.25, 0.3) is 11.0 Å². The Bertz CT molecular complexity index is 686. The van der Waals surface area contributed by atoms with Crippen LogP contribution in [-0.4, -0.2) is 46.2 Å². The molecule has 0 aliphatic heterocycles. The van der Waals surface area contributed by atoms with Gasteiger partial charge in [-0.05, 0) is 19.1 Å². The molecule has 1 heterocycles. The van der Waals surface area contributed by atoms with E-state index in [2.05, 4.69) is 23.1 Å². The highest BCUT2D eigenvalue weighted by atomic mass is 32.2. The molecule has 0 aliphatic carbocycles. The molecule has 122 valence electrons. The van der Waals surface area contributed by atoms with E-state index < -0.39 is 0 Å². The zero-order valence-corrected chi connectivity index (χ0v) is 14.1. The summed E-state index contributed by atoms with van der Waals surface area (Å²) in [5.74, 6) is 1.16. The third-order valence-electron chi connectivity index (χ3n) is 3.13. The molecule has 1 aromatic heterocycles. The van der Waals surface area contributed by atoms with Crippen LogP contribution in [0, 0.1) is 0 Å². The van der Waals surface area contributed by atoms with Crippen LogP contribution in [0.4, 0.5) is 0 Å². The number of thioether (sulfide) groups is 1. The third-order valence-corrected chi connectivity index (χ3v) is 3.98. The van der Waals surface area contributed by atoms with Crippen LogP contribution in [0.15, 0.2) is 48.7 Å². The second kappa shape index (κ2) is 8.43. The van der Waals surface area contributed by atoms with Crippen LogP contribution < -0.4 is 4.74 Å². The molecule has 0 saturated heterocycles. The molecule has 1 amide bonds. The Morgan fingerprint density at radius 2 is 2.13 bits per heavy atom. The third kappa shape index (κ3) is 4.63. The Labute approximate surface area is 140 Å². The summed E-state index contributed by atoms with van der Waals surface area (Å²) in [4.78, 5) is 21.6. The van der Waals surface area contributed by atoms with Gasteiger partial charge in [0.2, 0.25) is 5.91 Å². The minimum absolute atomic E-state index is 0.0326. The molecule has 1 aromatic carbocycles. The fraction of sp³-hybridized carbons (Fsp3) is 0.294. The first-order chi connectivity index (χ1) is 11.2. The standard InChI is InChI=1S/C17H21N3O2S/c1-4-9-20(10-5-2)16(21)12-23-17-18-14-8-7-13(22-6-3)11-15(14)19-17/h4-5,7-8,11H,1-2,6,9-10,12H2,3H3,(H,18,19). The van der Waals surface area contributed by atoms with Crippen molar-refractivity contribution in [2.24, 2.45) is 0 Å². The fourth-order valence-corrected chi connectivity index (χ4v) is 2.89. The first kappa shape index (κ1) is 17.1. The maximum absolute atomic E-state index is 12.2. The molecular formula is C17H21N3O2S. The van der Waals surface area contributed by atoms with Crippen LogP contribution in [0.3, 0.4) is 0 Å². The molecule has 23 heavy (non-hydrogen) atoms. The lowest BCUT2D eigenvalue weighted by molar-refractivity contribution is -0.127. The summed E-state index contributed by atoms with van der Waals surface area (Å²) in [6, 6.07) is 5.71. The van der Waals surface area contributed by atoms with Gasteiger partial charge in [-0.25, -0.2) is 4.98 Å². The molecule has 2 rings (SSSR count). The van der Waals surface area contributed by atoms with E-state index in [-0.39, 0.29) is 5.91 Å². The summed E-state index contributed by atoms with van der Waals surface area (Å²) >= 11 is 1.39. The number of carbonyl (C=O) groups excluding carboxylic acids is 1. The number of hydrogen-bond donors (Lipinski definition) is 1. The molecular weight excluding hydrogens is 310 g/mol. The van der Waals surface area contributed by atoms with Crippen molar-refractivity contribution in [2.75, 3.05) is 25.4 Å². The highest BCUT2D eigenvalue weighted by Gasteiger charge is 2.13. The summed E-state index contributed by atoms with van der Waals surface area (Å²) in [5, 5.41) is 0.721. The minimum Gasteiger partial charge on any atom is -0.494 e. The van der Waals surface area contributed by atoms with Gasteiger partial charge < -0.3 is 14.6 Å². The SMILES string of the molecule is C=CCN(CC=C)C(=O)CSc1nc2ccc(OCC)cc2[nH]1. The number of benzene rings is 1. The number of nitrogens with one attached hydrogen (secondary N) is 1. The number of imidazole rings is 1. The Kier molecular flexibility index (Phi) is 6.29. The van der Waals surface area contributed by atoms with Gasteiger partial charge in [-0.1, -0.05) is 23.9 Å². The van der Waals surface area contributed by atoms with Gasteiger partial charge >= 0.3 is 0 Å². The number of ether oxygens (including phenoxy) is 1. The van der Waals surface area contributed by atoms with E-state index in [1.54, 1.807) is 17.1 Å². The molecule has 0 fully saturated rings. The number of fused-ring (bicyclic) bond motifs is 1. The highest BCUT2D eigenvalue weighted by Crippen LogP contribution is 2.23. The van der Waals surface area contributed by atoms with Crippen molar-refractivity contribution in [3.63, 3.8) is 0 Å². The van der Waals surface area contributed by atoms with E-state index in [9.17, 15) is 4.79 Å². The van der Waals surface area contributed by atoms with E-state index in [1.807, 2.05) is 25.1 Å². The van der Waals surface area contributed by atoms with Gasteiger partial charge in [0.15, 0.2) is 5.16 Å². The molecule has 2 aromatic rings. The van der Waals surface area contributed by atoms with Gasteiger partial charge in [0.25, 0.3) is 0 Å². The van der Waals surface area contributed by atoms with Crippen molar-refractivity contribution in [3.8, 4) is 5.75 Å². The molecule has 0 saturated carbocycles. The molecule has 6 heteroatoms. The topological polar surface area (TPSA) is 58.2 Å². The summed E-state index contributed by atoms with van der Waals surface area (Å²) in [7, 11) is 0. The Hall–Kier alpha value is -2.21. The summed E-state index contributed by atoms with van der Waals surface area (Å²) in [5.41, 5.74) is 1.76. The van der Waals surface area contributed by atoms with Crippen molar-refractivity contribution in [1.82, 2.24) is 14.9 Å². The number of nitrogens with zero attached hydrogens (tertiary/aromatic N) is 2. The number of aromatic amines is 1. The van der Waals surface area contributed by atoms with Crippen LogP contribution in [0.1, 0.15) is 6.92 Å². The lowest BCUT2D eigenvalue weighted by atomic mass is 10.3. The number of aromatic nitrogens is 2. The van der Waals surface area contributed by atoms with Crippen LogP contribution >= 0.6 is 11.8 Å². The smallest absolute Gasteiger partial charge is 0.233 e. The van der Waals surface area contributed by atoms with Gasteiger partial charge in [-0.3, -0.25) is 4.79 Å². The number of rotatable bonds is 9. The zero-order chi connectivity index (χ0) is 16.7. The number of H-pyrrole nitrogens is 1. The predicted octanol–water partition coefficient (Wildman–Crippen LogP) is 3.25. The first-order valence-electron chi connectivity index (χ1n) is 7.42. The molecule has 0 bridgehead atoms. The average Bonchev–Trinajstić information content (AvgIpc) is 2.95. The quantitative estimate of drug-likeness (QED) is 0.566. The van der Waals surface area contributed by atoms with Crippen LogP contribution in [0.2, 0.25) is 0 Å². The maximum Gasteiger partial charge on any atom is 0.233 e. The summed E-state index contributed by atoms with van der Waals surface area (Å²) in [6.45, 7) is 10.9. The monoisotopic (exact) mass is 331 g/mol. The van der Waals surface area contributed by atoms with Gasteiger partial charge in [0.1, 0.15) is 5.75 Å². The largest absolute Gasteiger partial charge is 0.494 e. The Balaban J connectivity index is 2.02. The predicted molar refractivity (Wildman–Crippen MR) is 95.0 cm³/mol. The fourth-order valence-electron chi connectivity index (χ4n) is 2.10. The second-order valence-corrected chi connectivity index (χ2v) is 5.78. The Morgan fingerprint density at radius 3 is 2.78 bits per heavy atom. The highest BCUT2D eigenvalue weighted by molar-refractivity contribution is 7.99. The summed E-state index contributed by atoms with van der Waals surface area (Å²) in [6.07, 6.45) is 3.42. The normalized spacial score (nSPS) is 10.5. The lowest BCUT2D eigenvalue weighted by Gasteiger charge is -2.18. The number of amides is 1. The molecule has 1 N–H and O–H groups in total. The molecule has 0 atom stereocenters. The molecule has 0 spiro atoms. The van der Waals surface area contributed by atoms with E-state index in [1.165, 1.54) is 11.8 Å². The van der Waals surface area contributed by atoms with E-state index >= 15 is 0 Å². The first-order valence-corrected chi connectivity index (χ1v) is 8.41. The van der Waals surface area contributed by atoms with Crippen molar-refractivity contribution in [2.45, 2.75) is 12.1 Å².